The quantitative estimate of drug-likeness (QED) is 0.928. The Kier molecular flexibility index (Phi) is 4.03. The summed E-state index contributed by atoms with van der Waals surface area (Å²) in [6.45, 7) is 7.74. The van der Waals surface area contributed by atoms with E-state index in [1.54, 1.807) is 23.7 Å². The van der Waals surface area contributed by atoms with Gasteiger partial charge in [0.1, 0.15) is 0 Å². The molecule has 1 atom stereocenters. The van der Waals surface area contributed by atoms with E-state index in [0.29, 0.717) is 0 Å². The fourth-order valence-corrected chi connectivity index (χ4v) is 3.57. The molecule has 3 rings (SSSR count). The summed E-state index contributed by atoms with van der Waals surface area (Å²) >= 11 is 1.71. The number of aryl methyl sites for hydroxylation is 1. The van der Waals surface area contributed by atoms with E-state index in [1.807, 2.05) is 19.9 Å². The average molecular weight is 304 g/mol. The normalized spacial score (nSPS) is 17.1. The molecule has 2 aromatic rings. The summed E-state index contributed by atoms with van der Waals surface area (Å²) in [6, 6.07) is 1.89. The molecule has 3 heterocycles. The smallest absolute Gasteiger partial charge is 0.225 e. The Hall–Kier alpha value is -1.73. The van der Waals surface area contributed by atoms with E-state index < -0.39 is 0 Å². The van der Waals surface area contributed by atoms with Crippen LogP contribution in [-0.2, 0) is 0 Å². The Morgan fingerprint density at radius 1 is 1.14 bits per heavy atom. The molecule has 2 aromatic heterocycles. The summed E-state index contributed by atoms with van der Waals surface area (Å²) in [5.74, 6) is 0.809. The monoisotopic (exact) mass is 304 g/mol. The van der Waals surface area contributed by atoms with E-state index in [0.717, 1.165) is 43.0 Å². The third-order valence-electron chi connectivity index (χ3n) is 3.62. The fraction of sp³-hybridized carbons (Fsp3) is 0.500. The molecular formula is C14H20N6S. The minimum Gasteiger partial charge on any atom is -0.345 e. The highest BCUT2D eigenvalue weighted by Gasteiger charge is 2.22. The van der Waals surface area contributed by atoms with Crippen molar-refractivity contribution in [2.45, 2.75) is 19.9 Å². The maximum absolute atomic E-state index is 5.98. The van der Waals surface area contributed by atoms with Crippen molar-refractivity contribution in [1.82, 2.24) is 15.0 Å². The molecule has 0 spiro atoms. The van der Waals surface area contributed by atoms with Crippen LogP contribution in [0.5, 0.6) is 0 Å². The number of nitrogens with two attached hydrogens (primary N) is 1. The van der Waals surface area contributed by atoms with Crippen LogP contribution in [0.4, 0.5) is 11.1 Å². The lowest BCUT2D eigenvalue weighted by Crippen LogP contribution is -2.47. The summed E-state index contributed by atoms with van der Waals surface area (Å²) in [5, 5.41) is 1.08. The molecule has 1 fully saturated rings. The van der Waals surface area contributed by atoms with Crippen molar-refractivity contribution >= 4 is 22.4 Å². The first-order chi connectivity index (χ1) is 10.1. The van der Waals surface area contributed by atoms with Crippen molar-refractivity contribution in [3.05, 3.63) is 29.0 Å². The zero-order valence-electron chi connectivity index (χ0n) is 12.4. The summed E-state index contributed by atoms with van der Waals surface area (Å²) in [6.07, 6.45) is 3.57. The van der Waals surface area contributed by atoms with Gasteiger partial charge in [0.05, 0.1) is 5.69 Å². The second-order valence-electron chi connectivity index (χ2n) is 5.26. The number of aromatic nitrogens is 3. The maximum atomic E-state index is 5.98. The van der Waals surface area contributed by atoms with Crippen LogP contribution in [0, 0.1) is 6.92 Å². The lowest BCUT2D eigenvalue weighted by Gasteiger charge is -2.34. The van der Waals surface area contributed by atoms with E-state index in [9.17, 15) is 0 Å². The van der Waals surface area contributed by atoms with Crippen molar-refractivity contribution in [2.24, 2.45) is 5.73 Å². The third kappa shape index (κ3) is 2.98. The Morgan fingerprint density at radius 2 is 1.76 bits per heavy atom. The van der Waals surface area contributed by atoms with Crippen LogP contribution in [0.15, 0.2) is 18.5 Å². The zero-order chi connectivity index (χ0) is 14.8. The van der Waals surface area contributed by atoms with Crippen molar-refractivity contribution in [2.75, 3.05) is 36.0 Å². The molecule has 1 aliphatic rings. The SMILES string of the molecule is Cc1nc(N2CCN(c3ncccn3)CC2)sc1C(C)N. The van der Waals surface area contributed by atoms with E-state index in [2.05, 4.69) is 24.8 Å². The predicted octanol–water partition coefficient (Wildman–Crippen LogP) is 1.59. The first kappa shape index (κ1) is 14.2. The Labute approximate surface area is 128 Å². The molecule has 0 bridgehead atoms. The molecule has 1 unspecified atom stereocenters. The van der Waals surface area contributed by atoms with Gasteiger partial charge in [-0.05, 0) is 19.9 Å². The lowest BCUT2D eigenvalue weighted by molar-refractivity contribution is 0.638. The predicted molar refractivity (Wildman–Crippen MR) is 85.9 cm³/mol. The van der Waals surface area contributed by atoms with Gasteiger partial charge in [0.15, 0.2) is 5.13 Å². The third-order valence-corrected chi connectivity index (χ3v) is 5.04. The van der Waals surface area contributed by atoms with Crippen LogP contribution < -0.4 is 15.5 Å². The van der Waals surface area contributed by atoms with Crippen LogP contribution >= 0.6 is 11.3 Å². The summed E-state index contributed by atoms with van der Waals surface area (Å²) in [4.78, 5) is 19.0. The van der Waals surface area contributed by atoms with Crippen LogP contribution in [0.25, 0.3) is 0 Å². The first-order valence-electron chi connectivity index (χ1n) is 7.15. The number of thiazole rings is 1. The molecule has 0 saturated carbocycles. The molecule has 0 amide bonds. The van der Waals surface area contributed by atoms with Gasteiger partial charge in [-0.25, -0.2) is 15.0 Å². The molecular weight excluding hydrogens is 284 g/mol. The van der Waals surface area contributed by atoms with Crippen molar-refractivity contribution < 1.29 is 0 Å². The molecule has 6 nitrogen and oxygen atoms in total. The largest absolute Gasteiger partial charge is 0.345 e. The topological polar surface area (TPSA) is 71.2 Å². The molecule has 0 aliphatic carbocycles. The molecule has 2 N–H and O–H groups in total. The molecule has 21 heavy (non-hydrogen) atoms. The molecule has 112 valence electrons. The molecule has 7 heteroatoms. The number of anilines is 2. The molecule has 0 radical (unpaired) electrons. The van der Waals surface area contributed by atoms with Gasteiger partial charge < -0.3 is 15.5 Å². The summed E-state index contributed by atoms with van der Waals surface area (Å²) < 4.78 is 0. The zero-order valence-corrected chi connectivity index (χ0v) is 13.2. The minimum atomic E-state index is 0.0512. The van der Waals surface area contributed by atoms with Crippen molar-refractivity contribution in [1.29, 1.82) is 0 Å². The highest BCUT2D eigenvalue weighted by molar-refractivity contribution is 7.15. The van der Waals surface area contributed by atoms with Gasteiger partial charge >= 0.3 is 0 Å². The summed E-state index contributed by atoms with van der Waals surface area (Å²) in [7, 11) is 0. The van der Waals surface area contributed by atoms with E-state index in [-0.39, 0.29) is 6.04 Å². The van der Waals surface area contributed by atoms with Crippen molar-refractivity contribution in [3.63, 3.8) is 0 Å². The van der Waals surface area contributed by atoms with Gasteiger partial charge in [0.25, 0.3) is 0 Å². The van der Waals surface area contributed by atoms with Gasteiger partial charge in [-0.1, -0.05) is 0 Å². The van der Waals surface area contributed by atoms with Gasteiger partial charge in [0.2, 0.25) is 5.95 Å². The van der Waals surface area contributed by atoms with Gasteiger partial charge in [0, 0.05) is 49.5 Å². The van der Waals surface area contributed by atoms with Crippen LogP contribution in [0.2, 0.25) is 0 Å². The van der Waals surface area contributed by atoms with Crippen LogP contribution in [-0.4, -0.2) is 41.1 Å². The Bertz CT molecular complexity index is 589. The van der Waals surface area contributed by atoms with Crippen LogP contribution in [0.1, 0.15) is 23.5 Å². The highest BCUT2D eigenvalue weighted by atomic mass is 32.1. The lowest BCUT2D eigenvalue weighted by atomic mass is 10.2. The fourth-order valence-electron chi connectivity index (χ4n) is 2.50. The number of rotatable bonds is 3. The second kappa shape index (κ2) is 5.95. The van der Waals surface area contributed by atoms with E-state index >= 15 is 0 Å². The number of nitrogens with zero attached hydrogens (tertiary/aromatic N) is 5. The second-order valence-corrected chi connectivity index (χ2v) is 6.27. The number of hydrogen-bond acceptors (Lipinski definition) is 7. The molecule has 1 saturated heterocycles. The average Bonchev–Trinajstić information content (AvgIpc) is 2.90. The van der Waals surface area contributed by atoms with E-state index in [1.165, 1.54) is 4.88 Å². The number of piperazine rings is 1. The van der Waals surface area contributed by atoms with Gasteiger partial charge in [-0.2, -0.15) is 0 Å². The minimum absolute atomic E-state index is 0.0512. The van der Waals surface area contributed by atoms with Crippen molar-refractivity contribution in [3.8, 4) is 0 Å². The van der Waals surface area contributed by atoms with Crippen LogP contribution in [0.3, 0.4) is 0 Å². The first-order valence-corrected chi connectivity index (χ1v) is 7.96. The Morgan fingerprint density at radius 3 is 2.33 bits per heavy atom. The summed E-state index contributed by atoms with van der Waals surface area (Å²) in [5.41, 5.74) is 7.04. The number of hydrogen-bond donors (Lipinski definition) is 1. The van der Waals surface area contributed by atoms with Gasteiger partial charge in [-0.15, -0.1) is 11.3 Å². The van der Waals surface area contributed by atoms with Gasteiger partial charge in [-0.3, -0.25) is 0 Å². The Balaban J connectivity index is 1.67. The van der Waals surface area contributed by atoms with E-state index in [4.69, 9.17) is 5.73 Å². The highest BCUT2D eigenvalue weighted by Crippen LogP contribution is 2.30. The molecule has 0 aromatic carbocycles. The maximum Gasteiger partial charge on any atom is 0.225 e. The molecule has 1 aliphatic heterocycles. The standard InChI is InChI=1S/C14H20N6S/c1-10(15)12-11(2)18-14(21-12)20-8-6-19(7-9-20)13-16-4-3-5-17-13/h3-5,10H,6-9,15H2,1-2H3.